The van der Waals surface area contributed by atoms with E-state index in [1.165, 1.54) is 0 Å². The van der Waals surface area contributed by atoms with Crippen LogP contribution in [-0.4, -0.2) is 23.5 Å². The zero-order valence-electron chi connectivity index (χ0n) is 11.3. The van der Waals surface area contributed by atoms with Crippen molar-refractivity contribution in [1.29, 1.82) is 0 Å². The second kappa shape index (κ2) is 4.72. The van der Waals surface area contributed by atoms with E-state index in [0.29, 0.717) is 16.5 Å². The quantitative estimate of drug-likeness (QED) is 0.786. The molecule has 4 nitrogen and oxygen atoms in total. The molecule has 5 heteroatoms. The van der Waals surface area contributed by atoms with E-state index in [1.807, 2.05) is 66.0 Å². The molecule has 0 radical (unpaired) electrons. The first kappa shape index (κ1) is 12.8. The molecule has 0 amide bonds. The summed E-state index contributed by atoms with van der Waals surface area (Å²) in [4.78, 5) is 6.60. The normalized spacial score (nSPS) is 10.9. The van der Waals surface area contributed by atoms with Crippen molar-refractivity contribution in [2.75, 3.05) is 24.7 Å². The predicted molar refractivity (Wildman–Crippen MR) is 84.4 cm³/mol. The minimum atomic E-state index is 0.594. The van der Waals surface area contributed by atoms with Gasteiger partial charge >= 0.3 is 0 Å². The predicted octanol–water partition coefficient (Wildman–Crippen LogP) is 3.30. The zero-order valence-corrected chi connectivity index (χ0v) is 12.1. The number of fused-ring (bicyclic) bond motifs is 1. The highest BCUT2D eigenvalue weighted by Gasteiger charge is 2.14. The smallest absolute Gasteiger partial charge is 0.139 e. The van der Waals surface area contributed by atoms with E-state index in [0.717, 1.165) is 16.9 Å². The van der Waals surface area contributed by atoms with Gasteiger partial charge in [-0.3, -0.25) is 4.40 Å². The molecule has 0 atom stereocenters. The minimum absolute atomic E-state index is 0.594. The molecule has 102 valence electrons. The number of nitrogen functional groups attached to an aromatic ring is 1. The van der Waals surface area contributed by atoms with Gasteiger partial charge in [-0.15, -0.1) is 0 Å². The van der Waals surface area contributed by atoms with Crippen molar-refractivity contribution in [2.45, 2.75) is 0 Å². The Balaban J connectivity index is 2.24. The Hall–Kier alpha value is -2.20. The van der Waals surface area contributed by atoms with Crippen molar-refractivity contribution in [3.05, 3.63) is 47.6 Å². The molecule has 0 unspecified atom stereocenters. The first-order valence-electron chi connectivity index (χ1n) is 6.28. The summed E-state index contributed by atoms with van der Waals surface area (Å²) in [7, 11) is 3.98. The highest BCUT2D eigenvalue weighted by atomic mass is 35.5. The van der Waals surface area contributed by atoms with Gasteiger partial charge in [-0.25, -0.2) is 4.98 Å². The van der Waals surface area contributed by atoms with Crippen molar-refractivity contribution in [2.24, 2.45) is 0 Å². The maximum Gasteiger partial charge on any atom is 0.139 e. The highest BCUT2D eigenvalue weighted by Crippen LogP contribution is 2.32. The number of rotatable bonds is 2. The van der Waals surface area contributed by atoms with Gasteiger partial charge in [-0.1, -0.05) is 29.8 Å². The van der Waals surface area contributed by atoms with Crippen LogP contribution in [0.1, 0.15) is 0 Å². The number of imidazole rings is 1. The lowest BCUT2D eigenvalue weighted by molar-refractivity contribution is 1.09. The maximum absolute atomic E-state index is 6.23. The molecule has 20 heavy (non-hydrogen) atoms. The third kappa shape index (κ3) is 1.98. The van der Waals surface area contributed by atoms with E-state index in [2.05, 4.69) is 4.98 Å². The van der Waals surface area contributed by atoms with E-state index >= 15 is 0 Å². The number of aromatic nitrogens is 2. The van der Waals surface area contributed by atoms with Crippen molar-refractivity contribution in [3.8, 4) is 11.3 Å². The fourth-order valence-corrected chi connectivity index (χ4v) is 2.39. The number of hydrogen-bond donors (Lipinski definition) is 1. The molecule has 0 saturated heterocycles. The Kier molecular flexibility index (Phi) is 3.03. The summed E-state index contributed by atoms with van der Waals surface area (Å²) < 4.78 is 1.88. The van der Waals surface area contributed by atoms with Gasteiger partial charge in [0, 0.05) is 25.9 Å². The summed E-state index contributed by atoms with van der Waals surface area (Å²) >= 11 is 6.23. The Morgan fingerprint density at radius 3 is 2.60 bits per heavy atom. The fraction of sp³-hybridized carbons (Fsp3) is 0.133. The average molecular weight is 287 g/mol. The van der Waals surface area contributed by atoms with Crippen LogP contribution in [0.5, 0.6) is 0 Å². The molecule has 0 aliphatic heterocycles. The Morgan fingerprint density at radius 2 is 1.90 bits per heavy atom. The second-order valence-corrected chi connectivity index (χ2v) is 5.24. The van der Waals surface area contributed by atoms with Gasteiger partial charge in [0.05, 0.1) is 10.7 Å². The van der Waals surface area contributed by atoms with Gasteiger partial charge in [0.15, 0.2) is 0 Å². The third-order valence-corrected chi connectivity index (χ3v) is 3.61. The molecular weight excluding hydrogens is 272 g/mol. The topological polar surface area (TPSA) is 46.6 Å². The number of anilines is 2. The number of nitrogens with two attached hydrogens (primary N) is 1. The van der Waals surface area contributed by atoms with Crippen LogP contribution in [0.15, 0.2) is 42.6 Å². The van der Waals surface area contributed by atoms with Crippen molar-refractivity contribution in [3.63, 3.8) is 0 Å². The second-order valence-electron chi connectivity index (χ2n) is 4.84. The molecule has 0 aliphatic carbocycles. The molecule has 0 spiro atoms. The maximum atomic E-state index is 6.23. The summed E-state index contributed by atoms with van der Waals surface area (Å²) in [6.45, 7) is 0. The first-order valence-corrected chi connectivity index (χ1v) is 6.65. The SMILES string of the molecule is CN(C)c1ccc2nc(-c3ccccc3Cl)c(N)n2c1. The molecular formula is C15H15ClN4. The summed E-state index contributed by atoms with van der Waals surface area (Å²) in [5, 5.41) is 0.649. The van der Waals surface area contributed by atoms with Gasteiger partial charge in [0.25, 0.3) is 0 Å². The van der Waals surface area contributed by atoms with Crippen LogP contribution in [0.2, 0.25) is 5.02 Å². The molecule has 1 aromatic carbocycles. The van der Waals surface area contributed by atoms with Crippen molar-refractivity contribution in [1.82, 2.24) is 9.38 Å². The number of halogens is 1. The van der Waals surface area contributed by atoms with Crippen molar-refractivity contribution >= 4 is 28.8 Å². The molecule has 3 aromatic rings. The number of pyridine rings is 1. The largest absolute Gasteiger partial charge is 0.383 e. The minimum Gasteiger partial charge on any atom is -0.383 e. The van der Waals surface area contributed by atoms with Crippen LogP contribution in [0.3, 0.4) is 0 Å². The first-order chi connectivity index (χ1) is 9.58. The molecule has 0 aliphatic rings. The molecule has 3 rings (SSSR count). The summed E-state index contributed by atoms with van der Waals surface area (Å²) in [6, 6.07) is 11.5. The third-order valence-electron chi connectivity index (χ3n) is 3.29. The molecule has 0 saturated carbocycles. The van der Waals surface area contributed by atoms with E-state index in [-0.39, 0.29) is 0 Å². The van der Waals surface area contributed by atoms with Crippen LogP contribution in [0, 0.1) is 0 Å². The molecule has 2 N–H and O–H groups in total. The summed E-state index contributed by atoms with van der Waals surface area (Å²) in [6.07, 6.45) is 1.97. The van der Waals surface area contributed by atoms with Crippen LogP contribution < -0.4 is 10.6 Å². The number of benzene rings is 1. The Morgan fingerprint density at radius 1 is 1.15 bits per heavy atom. The zero-order chi connectivity index (χ0) is 14.3. The van der Waals surface area contributed by atoms with E-state index < -0.39 is 0 Å². The lowest BCUT2D eigenvalue weighted by Crippen LogP contribution is -2.09. The Bertz CT molecular complexity index is 777. The number of hydrogen-bond acceptors (Lipinski definition) is 3. The van der Waals surface area contributed by atoms with Gasteiger partial charge < -0.3 is 10.6 Å². The lowest BCUT2D eigenvalue weighted by Gasteiger charge is -2.12. The van der Waals surface area contributed by atoms with Crippen molar-refractivity contribution < 1.29 is 0 Å². The van der Waals surface area contributed by atoms with E-state index in [4.69, 9.17) is 17.3 Å². The van der Waals surface area contributed by atoms with Crippen LogP contribution in [0.4, 0.5) is 11.5 Å². The monoisotopic (exact) mass is 286 g/mol. The van der Waals surface area contributed by atoms with E-state index in [9.17, 15) is 0 Å². The summed E-state index contributed by atoms with van der Waals surface area (Å²) in [5.41, 5.74) is 9.67. The Labute approximate surface area is 122 Å². The fourth-order valence-electron chi connectivity index (χ4n) is 2.17. The summed E-state index contributed by atoms with van der Waals surface area (Å²) in [5.74, 6) is 0.594. The molecule has 2 heterocycles. The van der Waals surface area contributed by atoms with E-state index in [1.54, 1.807) is 0 Å². The number of nitrogens with zero attached hydrogens (tertiary/aromatic N) is 3. The van der Waals surface area contributed by atoms with Gasteiger partial charge in [0.1, 0.15) is 17.2 Å². The molecule has 0 bridgehead atoms. The lowest BCUT2D eigenvalue weighted by atomic mass is 10.1. The standard InChI is InChI=1S/C15H15ClN4/c1-19(2)10-7-8-13-18-14(15(17)20(13)9-10)11-5-3-4-6-12(11)16/h3-9H,17H2,1-2H3. The molecule has 2 aromatic heterocycles. The average Bonchev–Trinajstić information content (AvgIpc) is 2.76. The van der Waals surface area contributed by atoms with Crippen LogP contribution in [-0.2, 0) is 0 Å². The van der Waals surface area contributed by atoms with Gasteiger partial charge in [-0.2, -0.15) is 0 Å². The molecule has 0 fully saturated rings. The van der Waals surface area contributed by atoms with Crippen LogP contribution in [0.25, 0.3) is 16.9 Å². The van der Waals surface area contributed by atoms with Gasteiger partial charge in [-0.05, 0) is 18.2 Å². The van der Waals surface area contributed by atoms with Gasteiger partial charge in [0.2, 0.25) is 0 Å². The van der Waals surface area contributed by atoms with Crippen LogP contribution >= 0.6 is 11.6 Å². The highest BCUT2D eigenvalue weighted by molar-refractivity contribution is 6.33.